The van der Waals surface area contributed by atoms with Crippen LogP contribution < -0.4 is 15.5 Å². The average Bonchev–Trinajstić information content (AvgIpc) is 3.30. The molecule has 9 heteroatoms. The minimum Gasteiger partial charge on any atom is -0.356 e. The van der Waals surface area contributed by atoms with Gasteiger partial charge in [0.1, 0.15) is 11.6 Å². The van der Waals surface area contributed by atoms with Crippen molar-refractivity contribution in [2.75, 3.05) is 30.4 Å². The van der Waals surface area contributed by atoms with Crippen LogP contribution in [0, 0.1) is 0 Å². The zero-order valence-electron chi connectivity index (χ0n) is 18.7. The number of hydrogen-bond acceptors (Lipinski definition) is 7. The number of piperidine rings is 1. The summed E-state index contributed by atoms with van der Waals surface area (Å²) in [6.07, 6.45) is 11.0. The lowest BCUT2D eigenvalue weighted by Crippen LogP contribution is -2.41. The maximum atomic E-state index is 12.9. The molecule has 0 spiro atoms. The van der Waals surface area contributed by atoms with Gasteiger partial charge in [0.25, 0.3) is 5.91 Å². The first-order chi connectivity index (χ1) is 16.1. The van der Waals surface area contributed by atoms with Crippen LogP contribution in [0.1, 0.15) is 23.2 Å². The smallest absolute Gasteiger partial charge is 0.257 e. The molecular weight excluding hydrogens is 416 g/mol. The molecule has 5 heterocycles. The lowest BCUT2D eigenvalue weighted by Gasteiger charge is -2.32. The SMILES string of the molecule is CNC1CCN(c2cc(C(=O)Nc3cc4cc(-c5cnn(C)c5)ncc4cn3)ccn2)CC1. The van der Waals surface area contributed by atoms with Crippen molar-refractivity contribution < 1.29 is 4.79 Å². The molecule has 4 aromatic heterocycles. The van der Waals surface area contributed by atoms with Crippen LogP contribution in [0.4, 0.5) is 11.6 Å². The number of nitrogens with one attached hydrogen (secondary N) is 2. The summed E-state index contributed by atoms with van der Waals surface area (Å²) in [5.41, 5.74) is 2.31. The quantitative estimate of drug-likeness (QED) is 0.490. The van der Waals surface area contributed by atoms with Crippen LogP contribution in [0.5, 0.6) is 0 Å². The number of amides is 1. The first kappa shape index (κ1) is 21.0. The molecule has 0 aromatic carbocycles. The fourth-order valence-corrected chi connectivity index (χ4v) is 4.14. The van der Waals surface area contributed by atoms with Crippen LogP contribution in [0.15, 0.2) is 55.2 Å². The number of rotatable bonds is 5. The van der Waals surface area contributed by atoms with E-state index in [0.717, 1.165) is 53.8 Å². The predicted octanol–water partition coefficient (Wildman–Crippen LogP) is 2.87. The molecule has 1 aliphatic heterocycles. The molecule has 168 valence electrons. The van der Waals surface area contributed by atoms with Gasteiger partial charge in [-0.15, -0.1) is 0 Å². The Kier molecular flexibility index (Phi) is 5.70. The van der Waals surface area contributed by atoms with Crippen molar-refractivity contribution in [2.24, 2.45) is 7.05 Å². The van der Waals surface area contributed by atoms with Crippen LogP contribution in [-0.2, 0) is 7.05 Å². The second kappa shape index (κ2) is 8.95. The summed E-state index contributed by atoms with van der Waals surface area (Å²) < 4.78 is 1.74. The summed E-state index contributed by atoms with van der Waals surface area (Å²) in [6, 6.07) is 7.95. The first-order valence-corrected chi connectivity index (χ1v) is 11.0. The first-order valence-electron chi connectivity index (χ1n) is 11.0. The van der Waals surface area contributed by atoms with E-state index < -0.39 is 0 Å². The van der Waals surface area contributed by atoms with Crippen molar-refractivity contribution in [3.63, 3.8) is 0 Å². The van der Waals surface area contributed by atoms with E-state index in [0.29, 0.717) is 17.4 Å². The van der Waals surface area contributed by atoms with Gasteiger partial charge < -0.3 is 15.5 Å². The highest BCUT2D eigenvalue weighted by Gasteiger charge is 2.19. The average molecular weight is 443 g/mol. The van der Waals surface area contributed by atoms with E-state index in [4.69, 9.17) is 0 Å². The molecule has 0 radical (unpaired) electrons. The summed E-state index contributed by atoms with van der Waals surface area (Å²) in [7, 11) is 3.87. The van der Waals surface area contributed by atoms with Gasteiger partial charge in [-0.1, -0.05) is 0 Å². The largest absolute Gasteiger partial charge is 0.356 e. The van der Waals surface area contributed by atoms with Gasteiger partial charge in [0.15, 0.2) is 0 Å². The minimum atomic E-state index is -0.211. The van der Waals surface area contributed by atoms with Gasteiger partial charge in [0.2, 0.25) is 0 Å². The molecule has 0 atom stereocenters. The van der Waals surface area contributed by atoms with Crippen molar-refractivity contribution in [1.82, 2.24) is 30.0 Å². The number of fused-ring (bicyclic) bond motifs is 1. The fourth-order valence-electron chi connectivity index (χ4n) is 4.14. The normalized spacial score (nSPS) is 14.5. The molecule has 0 saturated carbocycles. The van der Waals surface area contributed by atoms with Crippen molar-refractivity contribution in [3.8, 4) is 11.3 Å². The van der Waals surface area contributed by atoms with Crippen LogP contribution in [0.2, 0.25) is 0 Å². The molecule has 0 unspecified atom stereocenters. The highest BCUT2D eigenvalue weighted by molar-refractivity contribution is 6.05. The minimum absolute atomic E-state index is 0.211. The molecular formula is C24H26N8O. The van der Waals surface area contributed by atoms with Crippen LogP contribution >= 0.6 is 0 Å². The fraction of sp³-hybridized carbons (Fsp3) is 0.292. The van der Waals surface area contributed by atoms with E-state index >= 15 is 0 Å². The number of aryl methyl sites for hydroxylation is 1. The maximum Gasteiger partial charge on any atom is 0.257 e. The van der Waals surface area contributed by atoms with Gasteiger partial charge in [-0.25, -0.2) is 9.97 Å². The number of pyridine rings is 3. The number of carbonyl (C=O) groups excluding carboxylic acids is 1. The number of nitrogens with zero attached hydrogens (tertiary/aromatic N) is 6. The monoisotopic (exact) mass is 442 g/mol. The zero-order valence-corrected chi connectivity index (χ0v) is 18.7. The Hall–Kier alpha value is -3.85. The third-order valence-electron chi connectivity index (χ3n) is 6.08. The van der Waals surface area contributed by atoms with Gasteiger partial charge in [-0.3, -0.25) is 14.5 Å². The third-order valence-corrected chi connectivity index (χ3v) is 6.08. The number of aromatic nitrogens is 5. The van der Waals surface area contributed by atoms with E-state index in [1.54, 1.807) is 35.5 Å². The summed E-state index contributed by atoms with van der Waals surface area (Å²) in [6.45, 7) is 1.84. The third kappa shape index (κ3) is 4.54. The molecule has 1 fully saturated rings. The maximum absolute atomic E-state index is 12.9. The molecule has 0 bridgehead atoms. The lowest BCUT2D eigenvalue weighted by atomic mass is 10.1. The standard InChI is InChI=1S/C24H26N8O/c1-25-20-4-7-32(8-5-20)23-11-16(3-6-26-23)24(33)30-22-10-17-9-21(19-14-29-31(2)15-19)27-12-18(17)13-28-22/h3,6,9-15,20,25H,4-5,7-8H2,1-2H3,(H,28,30,33). The number of anilines is 2. The van der Waals surface area contributed by atoms with Gasteiger partial charge in [0.05, 0.1) is 11.9 Å². The summed E-state index contributed by atoms with van der Waals surface area (Å²) in [5, 5.41) is 12.3. The van der Waals surface area contributed by atoms with Crippen molar-refractivity contribution in [1.29, 1.82) is 0 Å². The van der Waals surface area contributed by atoms with Crippen LogP contribution in [0.3, 0.4) is 0 Å². The van der Waals surface area contributed by atoms with Crippen molar-refractivity contribution in [2.45, 2.75) is 18.9 Å². The summed E-state index contributed by atoms with van der Waals surface area (Å²) in [5.74, 6) is 1.11. The van der Waals surface area contributed by atoms with E-state index in [1.807, 2.05) is 38.5 Å². The molecule has 1 saturated heterocycles. The summed E-state index contributed by atoms with van der Waals surface area (Å²) >= 11 is 0. The Bertz CT molecular complexity index is 1290. The van der Waals surface area contributed by atoms with E-state index in [2.05, 4.69) is 35.6 Å². The van der Waals surface area contributed by atoms with E-state index in [1.165, 1.54) is 0 Å². The molecule has 9 nitrogen and oxygen atoms in total. The molecule has 5 rings (SSSR count). The predicted molar refractivity (Wildman–Crippen MR) is 128 cm³/mol. The van der Waals surface area contributed by atoms with E-state index in [-0.39, 0.29) is 5.91 Å². The lowest BCUT2D eigenvalue weighted by molar-refractivity contribution is 0.102. The highest BCUT2D eigenvalue weighted by Crippen LogP contribution is 2.24. The van der Waals surface area contributed by atoms with Crippen molar-refractivity contribution >= 4 is 28.3 Å². The van der Waals surface area contributed by atoms with E-state index in [9.17, 15) is 4.79 Å². The van der Waals surface area contributed by atoms with Crippen LogP contribution in [-0.4, -0.2) is 56.8 Å². The zero-order chi connectivity index (χ0) is 22.8. The highest BCUT2D eigenvalue weighted by atomic mass is 16.1. The molecule has 0 aliphatic carbocycles. The Labute approximate surface area is 191 Å². The molecule has 2 N–H and O–H groups in total. The van der Waals surface area contributed by atoms with Gasteiger partial charge >= 0.3 is 0 Å². The molecule has 1 amide bonds. The van der Waals surface area contributed by atoms with Crippen molar-refractivity contribution in [3.05, 3.63) is 60.8 Å². The molecule has 4 aromatic rings. The number of hydrogen-bond donors (Lipinski definition) is 2. The topological polar surface area (TPSA) is 101 Å². The number of carbonyl (C=O) groups is 1. The Morgan fingerprint density at radius 1 is 1.03 bits per heavy atom. The van der Waals surface area contributed by atoms with Gasteiger partial charge in [-0.05, 0) is 49.5 Å². The molecule has 33 heavy (non-hydrogen) atoms. The Morgan fingerprint density at radius 2 is 1.85 bits per heavy atom. The molecule has 1 aliphatic rings. The second-order valence-corrected chi connectivity index (χ2v) is 8.30. The second-order valence-electron chi connectivity index (χ2n) is 8.30. The van der Waals surface area contributed by atoms with Crippen LogP contribution in [0.25, 0.3) is 22.0 Å². The Balaban J connectivity index is 1.33. The van der Waals surface area contributed by atoms with Gasteiger partial charge in [-0.2, -0.15) is 5.10 Å². The summed E-state index contributed by atoms with van der Waals surface area (Å²) in [4.78, 5) is 28.5. The Morgan fingerprint density at radius 3 is 2.61 bits per heavy atom. The van der Waals surface area contributed by atoms with Gasteiger partial charge in [0, 0.05) is 67.5 Å².